The van der Waals surface area contributed by atoms with Gasteiger partial charge in [0.15, 0.2) is 0 Å². The summed E-state index contributed by atoms with van der Waals surface area (Å²) in [5.74, 6) is 1.30. The number of amides is 1. The van der Waals surface area contributed by atoms with Crippen molar-refractivity contribution in [1.29, 1.82) is 0 Å². The first-order valence-electron chi connectivity index (χ1n) is 12.9. The third-order valence-corrected chi connectivity index (χ3v) is 7.38. The number of hydrogen-bond donors (Lipinski definition) is 1. The van der Waals surface area contributed by atoms with E-state index in [1.165, 1.54) is 19.3 Å². The van der Waals surface area contributed by atoms with Crippen molar-refractivity contribution < 1.29 is 9.53 Å². The van der Waals surface area contributed by atoms with Crippen LogP contribution in [0.15, 0.2) is 60.7 Å². The number of nitrogens with zero attached hydrogens (tertiary/aromatic N) is 1. The molecule has 0 unspecified atom stereocenters. The average Bonchev–Trinajstić information content (AvgIpc) is 2.90. The summed E-state index contributed by atoms with van der Waals surface area (Å²) in [4.78, 5) is 15.6. The van der Waals surface area contributed by atoms with Crippen LogP contribution in [0.4, 0.5) is 5.69 Å². The third-order valence-electron chi connectivity index (χ3n) is 6.83. The van der Waals surface area contributed by atoms with Crippen LogP contribution in [0.5, 0.6) is 11.5 Å². The van der Waals surface area contributed by atoms with E-state index in [-0.39, 0.29) is 5.91 Å². The Hall–Kier alpha value is -2.69. The van der Waals surface area contributed by atoms with E-state index in [9.17, 15) is 4.79 Å². The van der Waals surface area contributed by atoms with Crippen molar-refractivity contribution in [2.24, 2.45) is 0 Å². The van der Waals surface area contributed by atoms with Gasteiger partial charge in [0.05, 0.1) is 5.02 Å². The summed E-state index contributed by atoms with van der Waals surface area (Å²) in [6.07, 6.45) is 8.40. The maximum atomic E-state index is 13.5. The summed E-state index contributed by atoms with van der Waals surface area (Å²) in [6, 6.07) is 19.1. The number of carbonyl (C=O) groups is 1. The number of benzene rings is 3. The Morgan fingerprint density at radius 1 is 1.00 bits per heavy atom. The maximum absolute atomic E-state index is 13.5. The van der Waals surface area contributed by atoms with E-state index in [2.05, 4.69) is 17.9 Å². The lowest BCUT2D eigenvalue weighted by atomic mass is 9.93. The largest absolute Gasteiger partial charge is 0.456 e. The van der Waals surface area contributed by atoms with E-state index >= 15 is 0 Å². The van der Waals surface area contributed by atoms with Crippen LogP contribution in [0.1, 0.15) is 66.9 Å². The van der Waals surface area contributed by atoms with E-state index in [0.717, 1.165) is 55.3 Å². The van der Waals surface area contributed by atoms with E-state index in [4.69, 9.17) is 33.7 Å². The standard InChI is InChI=1S/C30H34Cl2N2O2/c1-2-17-34(25-9-4-3-5-10-25)30(35)23-8-6-7-21(18-23)11-12-22-19-26(14-16-28(22)33)36-29-20-24(31)13-15-27(29)32/h6-8,13-16,18-20,25H,2-5,9-12,17,33H2,1H3. The molecule has 3 aromatic rings. The molecule has 6 heteroatoms. The number of aryl methyl sites for hydroxylation is 2. The number of anilines is 1. The Labute approximate surface area is 224 Å². The van der Waals surface area contributed by atoms with Gasteiger partial charge < -0.3 is 15.4 Å². The minimum Gasteiger partial charge on any atom is -0.456 e. The minimum absolute atomic E-state index is 0.152. The lowest BCUT2D eigenvalue weighted by molar-refractivity contribution is 0.0634. The number of ether oxygens (including phenoxy) is 1. The van der Waals surface area contributed by atoms with E-state index < -0.39 is 0 Å². The molecule has 0 heterocycles. The molecular formula is C30H34Cl2N2O2. The van der Waals surface area contributed by atoms with Crippen LogP contribution in [-0.2, 0) is 12.8 Å². The molecule has 4 rings (SSSR count). The number of halogens is 2. The number of nitrogen functional groups attached to an aromatic ring is 1. The second-order valence-corrected chi connectivity index (χ2v) is 10.4. The van der Waals surface area contributed by atoms with Gasteiger partial charge in [-0.25, -0.2) is 0 Å². The lowest BCUT2D eigenvalue weighted by Gasteiger charge is -2.34. The molecule has 0 bridgehead atoms. The Morgan fingerprint density at radius 2 is 1.81 bits per heavy atom. The third kappa shape index (κ3) is 6.74. The van der Waals surface area contributed by atoms with Gasteiger partial charge in [-0.3, -0.25) is 4.79 Å². The molecule has 1 fully saturated rings. The molecule has 190 valence electrons. The van der Waals surface area contributed by atoms with Crippen LogP contribution in [0.3, 0.4) is 0 Å². The van der Waals surface area contributed by atoms with Gasteiger partial charge in [0.1, 0.15) is 11.5 Å². The first-order chi connectivity index (χ1) is 17.4. The summed E-state index contributed by atoms with van der Waals surface area (Å²) >= 11 is 12.3. The highest BCUT2D eigenvalue weighted by Crippen LogP contribution is 2.33. The van der Waals surface area contributed by atoms with Crippen LogP contribution in [0.2, 0.25) is 10.0 Å². The molecule has 2 N–H and O–H groups in total. The zero-order valence-corrected chi connectivity index (χ0v) is 22.3. The number of rotatable bonds is 9. The molecule has 1 aliphatic carbocycles. The topological polar surface area (TPSA) is 55.6 Å². The summed E-state index contributed by atoms with van der Waals surface area (Å²) in [7, 11) is 0. The lowest BCUT2D eigenvalue weighted by Crippen LogP contribution is -2.42. The van der Waals surface area contributed by atoms with Gasteiger partial charge in [0.2, 0.25) is 0 Å². The molecule has 0 atom stereocenters. The zero-order chi connectivity index (χ0) is 25.5. The summed E-state index contributed by atoms with van der Waals surface area (Å²) in [6.45, 7) is 2.95. The molecule has 0 radical (unpaired) electrons. The average molecular weight is 526 g/mol. The van der Waals surface area contributed by atoms with Gasteiger partial charge in [-0.15, -0.1) is 0 Å². The minimum atomic E-state index is 0.152. The van der Waals surface area contributed by atoms with Gasteiger partial charge >= 0.3 is 0 Å². The molecule has 0 aromatic heterocycles. The zero-order valence-electron chi connectivity index (χ0n) is 20.8. The second kappa shape index (κ2) is 12.5. The predicted octanol–water partition coefficient (Wildman–Crippen LogP) is 8.34. The van der Waals surface area contributed by atoms with Crippen LogP contribution >= 0.6 is 23.2 Å². The highest BCUT2D eigenvalue weighted by molar-refractivity contribution is 6.34. The molecule has 1 amide bonds. The van der Waals surface area contributed by atoms with E-state index in [1.54, 1.807) is 18.2 Å². The fourth-order valence-corrected chi connectivity index (χ4v) is 5.25. The molecule has 0 spiro atoms. The molecule has 4 nitrogen and oxygen atoms in total. The highest BCUT2D eigenvalue weighted by atomic mass is 35.5. The maximum Gasteiger partial charge on any atom is 0.254 e. The van der Waals surface area contributed by atoms with E-state index in [1.807, 2.05) is 36.4 Å². The Morgan fingerprint density at radius 3 is 2.58 bits per heavy atom. The van der Waals surface area contributed by atoms with Crippen LogP contribution in [0, 0.1) is 0 Å². The fraction of sp³-hybridized carbons (Fsp3) is 0.367. The molecule has 1 aliphatic rings. The van der Waals surface area contributed by atoms with Crippen molar-refractivity contribution in [3.8, 4) is 11.5 Å². The summed E-state index contributed by atoms with van der Waals surface area (Å²) < 4.78 is 5.97. The molecule has 0 saturated heterocycles. The van der Waals surface area contributed by atoms with Crippen molar-refractivity contribution in [1.82, 2.24) is 4.90 Å². The molecular weight excluding hydrogens is 491 g/mol. The van der Waals surface area contributed by atoms with Gasteiger partial charge in [0, 0.05) is 34.9 Å². The first-order valence-corrected chi connectivity index (χ1v) is 13.6. The van der Waals surface area contributed by atoms with Crippen molar-refractivity contribution in [2.45, 2.75) is 64.3 Å². The number of hydrogen-bond acceptors (Lipinski definition) is 3. The van der Waals surface area contributed by atoms with Crippen molar-refractivity contribution in [2.75, 3.05) is 12.3 Å². The Bertz CT molecular complexity index is 1190. The van der Waals surface area contributed by atoms with Crippen LogP contribution < -0.4 is 10.5 Å². The van der Waals surface area contributed by atoms with Crippen molar-refractivity contribution in [3.05, 3.63) is 87.4 Å². The van der Waals surface area contributed by atoms with Crippen molar-refractivity contribution >= 4 is 34.8 Å². The Kier molecular flexibility index (Phi) is 9.17. The second-order valence-electron chi connectivity index (χ2n) is 9.53. The van der Waals surface area contributed by atoms with E-state index in [0.29, 0.717) is 33.3 Å². The number of nitrogens with two attached hydrogens (primary N) is 1. The Balaban J connectivity index is 1.45. The SMILES string of the molecule is CCCN(C(=O)c1cccc(CCc2cc(Oc3cc(Cl)ccc3Cl)ccc2N)c1)C1CCCCC1. The van der Waals surface area contributed by atoms with Gasteiger partial charge in [-0.05, 0) is 85.7 Å². The quantitative estimate of drug-likeness (QED) is 0.286. The van der Waals surface area contributed by atoms with Crippen LogP contribution in [-0.4, -0.2) is 23.4 Å². The molecule has 1 saturated carbocycles. The summed E-state index contributed by atoms with van der Waals surface area (Å²) in [5.41, 5.74) is 9.85. The van der Waals surface area contributed by atoms with Gasteiger partial charge in [-0.1, -0.05) is 61.5 Å². The van der Waals surface area contributed by atoms with Gasteiger partial charge in [-0.2, -0.15) is 0 Å². The first kappa shape index (κ1) is 26.4. The highest BCUT2D eigenvalue weighted by Gasteiger charge is 2.25. The normalized spacial score (nSPS) is 14.0. The molecule has 3 aromatic carbocycles. The van der Waals surface area contributed by atoms with Crippen LogP contribution in [0.25, 0.3) is 0 Å². The number of carbonyl (C=O) groups excluding carboxylic acids is 1. The molecule has 0 aliphatic heterocycles. The predicted molar refractivity (Wildman–Crippen MR) is 149 cm³/mol. The molecule has 36 heavy (non-hydrogen) atoms. The van der Waals surface area contributed by atoms with Crippen molar-refractivity contribution in [3.63, 3.8) is 0 Å². The summed E-state index contributed by atoms with van der Waals surface area (Å²) in [5, 5.41) is 1.05. The van der Waals surface area contributed by atoms with Gasteiger partial charge in [0.25, 0.3) is 5.91 Å². The smallest absolute Gasteiger partial charge is 0.254 e. The fourth-order valence-electron chi connectivity index (χ4n) is 4.93. The monoisotopic (exact) mass is 524 g/mol.